The van der Waals surface area contributed by atoms with Gasteiger partial charge < -0.3 is 14.7 Å². The molecule has 1 fully saturated rings. The molecule has 1 N–H and O–H groups in total. The molecule has 0 unspecified atom stereocenters. The fourth-order valence-electron chi connectivity index (χ4n) is 3.48. The zero-order valence-electron chi connectivity index (χ0n) is 15.9. The van der Waals surface area contributed by atoms with Crippen LogP contribution in [0.1, 0.15) is 22.0 Å². The third-order valence-corrected chi connectivity index (χ3v) is 5.77. The lowest BCUT2D eigenvalue weighted by molar-refractivity contribution is -0.140. The maximum Gasteiger partial charge on any atom is 0.295 e. The van der Waals surface area contributed by atoms with Crippen molar-refractivity contribution in [3.05, 3.63) is 87.6 Å². The van der Waals surface area contributed by atoms with Gasteiger partial charge in [-0.05, 0) is 41.3 Å². The maximum absolute atomic E-state index is 13.9. The van der Waals surface area contributed by atoms with Crippen molar-refractivity contribution in [2.75, 3.05) is 7.11 Å². The molecule has 1 amide bonds. The number of likely N-dealkylation sites (tertiary alicyclic amines) is 1. The number of pyridine rings is 1. The number of benzene rings is 1. The van der Waals surface area contributed by atoms with Crippen LogP contribution in [-0.2, 0) is 16.1 Å². The van der Waals surface area contributed by atoms with Gasteiger partial charge >= 0.3 is 0 Å². The lowest BCUT2D eigenvalue weighted by atomic mass is 9.99. The van der Waals surface area contributed by atoms with Crippen LogP contribution in [0.4, 0.5) is 4.39 Å². The molecule has 0 saturated carbocycles. The van der Waals surface area contributed by atoms with Crippen LogP contribution in [0.2, 0.25) is 0 Å². The molecule has 3 aromatic rings. The highest BCUT2D eigenvalue weighted by molar-refractivity contribution is 7.10. The number of hydrogen-bond acceptors (Lipinski definition) is 6. The minimum absolute atomic E-state index is 0.0124. The summed E-state index contributed by atoms with van der Waals surface area (Å²) in [6.45, 7) is 0.137. The number of nitrogens with zero attached hydrogens (tertiary/aromatic N) is 2. The van der Waals surface area contributed by atoms with Crippen LogP contribution in [0.25, 0.3) is 5.76 Å². The van der Waals surface area contributed by atoms with E-state index in [0.29, 0.717) is 4.88 Å². The largest absolute Gasteiger partial charge is 0.507 e. The lowest BCUT2D eigenvalue weighted by Gasteiger charge is -2.24. The van der Waals surface area contributed by atoms with Gasteiger partial charge in [0.15, 0.2) is 0 Å². The van der Waals surface area contributed by atoms with Gasteiger partial charge in [-0.1, -0.05) is 12.1 Å². The number of ether oxygens (including phenoxy) is 1. The monoisotopic (exact) mass is 424 g/mol. The molecule has 8 heteroatoms. The number of thiophene rings is 1. The Hall–Kier alpha value is -3.52. The van der Waals surface area contributed by atoms with Gasteiger partial charge in [0, 0.05) is 23.8 Å². The number of aliphatic hydroxyl groups is 1. The average Bonchev–Trinajstić information content (AvgIpc) is 3.37. The Morgan fingerprint density at radius 2 is 2.10 bits per heavy atom. The Bertz CT molecular complexity index is 1130. The van der Waals surface area contributed by atoms with E-state index in [4.69, 9.17) is 4.74 Å². The predicted molar refractivity (Wildman–Crippen MR) is 109 cm³/mol. The summed E-state index contributed by atoms with van der Waals surface area (Å²) in [5.41, 5.74) is 0.651. The van der Waals surface area contributed by atoms with Crippen LogP contribution >= 0.6 is 11.3 Å². The molecule has 2 aromatic heterocycles. The Kier molecular flexibility index (Phi) is 5.33. The minimum Gasteiger partial charge on any atom is -0.507 e. The second kappa shape index (κ2) is 8.08. The molecule has 0 bridgehead atoms. The van der Waals surface area contributed by atoms with E-state index in [1.807, 2.05) is 5.38 Å². The molecule has 0 spiro atoms. The van der Waals surface area contributed by atoms with Crippen LogP contribution < -0.4 is 4.74 Å². The minimum atomic E-state index is -0.832. The van der Waals surface area contributed by atoms with Crippen LogP contribution in [0.3, 0.4) is 0 Å². The zero-order valence-corrected chi connectivity index (χ0v) is 16.7. The first-order valence-electron chi connectivity index (χ1n) is 9.06. The van der Waals surface area contributed by atoms with Crippen molar-refractivity contribution in [1.29, 1.82) is 0 Å². The molecule has 152 valence electrons. The Morgan fingerprint density at radius 3 is 2.77 bits per heavy atom. The second-order valence-corrected chi connectivity index (χ2v) is 7.63. The molecule has 4 rings (SSSR count). The molecule has 0 radical (unpaired) electrons. The molecule has 1 aliphatic rings. The van der Waals surface area contributed by atoms with Gasteiger partial charge in [0.2, 0.25) is 0 Å². The van der Waals surface area contributed by atoms with Crippen molar-refractivity contribution in [2.24, 2.45) is 0 Å². The van der Waals surface area contributed by atoms with Gasteiger partial charge in [-0.25, -0.2) is 4.39 Å². The number of methoxy groups -OCH3 is 1. The van der Waals surface area contributed by atoms with Gasteiger partial charge in [-0.15, -0.1) is 11.3 Å². The fraction of sp³-hybridized carbons (Fsp3) is 0.136. The van der Waals surface area contributed by atoms with Crippen LogP contribution in [0.15, 0.2) is 65.8 Å². The molecular weight excluding hydrogens is 407 g/mol. The Morgan fingerprint density at radius 1 is 1.27 bits per heavy atom. The van der Waals surface area contributed by atoms with Gasteiger partial charge in [0.25, 0.3) is 11.7 Å². The summed E-state index contributed by atoms with van der Waals surface area (Å²) in [4.78, 5) is 32.0. The molecule has 30 heavy (non-hydrogen) atoms. The smallest absolute Gasteiger partial charge is 0.295 e. The van der Waals surface area contributed by atoms with Gasteiger partial charge in [0.05, 0.1) is 24.3 Å². The summed E-state index contributed by atoms with van der Waals surface area (Å²) in [5.74, 6) is -2.46. The molecule has 1 aliphatic heterocycles. The van der Waals surface area contributed by atoms with Crippen LogP contribution in [0.5, 0.6) is 5.75 Å². The highest BCUT2D eigenvalue weighted by Gasteiger charge is 2.46. The summed E-state index contributed by atoms with van der Waals surface area (Å²) in [6.07, 6.45) is 3.23. The van der Waals surface area contributed by atoms with Crippen molar-refractivity contribution in [2.45, 2.75) is 12.6 Å². The number of carbonyl (C=O) groups is 2. The quantitative estimate of drug-likeness (QED) is 0.382. The standard InChI is InChI=1S/C22H17FN2O4S/c1-29-16-7-6-14(23)10-15(16)20(26)18-19(17-5-3-9-30-17)25(22(28)21(18)27)12-13-4-2-8-24-11-13/h2-11,19,26H,12H2,1H3/t19-/m0/s1. The summed E-state index contributed by atoms with van der Waals surface area (Å²) >= 11 is 1.36. The number of Topliss-reactive ketones (excluding diaryl/α,β-unsaturated/α-hetero) is 1. The number of ketones is 1. The number of rotatable bonds is 5. The zero-order chi connectivity index (χ0) is 21.3. The van der Waals surface area contributed by atoms with Crippen molar-refractivity contribution in [1.82, 2.24) is 9.88 Å². The van der Waals surface area contributed by atoms with Crippen molar-refractivity contribution in [3.63, 3.8) is 0 Å². The van der Waals surface area contributed by atoms with E-state index in [2.05, 4.69) is 4.98 Å². The van der Waals surface area contributed by atoms with Crippen molar-refractivity contribution >= 4 is 28.8 Å². The van der Waals surface area contributed by atoms with Crippen LogP contribution in [-0.4, -0.2) is 33.8 Å². The van der Waals surface area contributed by atoms with E-state index in [1.54, 1.807) is 36.7 Å². The van der Waals surface area contributed by atoms with Crippen LogP contribution in [0, 0.1) is 5.82 Å². The van der Waals surface area contributed by atoms with E-state index in [1.165, 1.54) is 35.5 Å². The third kappa shape index (κ3) is 3.46. The number of aromatic nitrogens is 1. The first-order valence-corrected chi connectivity index (χ1v) is 9.94. The predicted octanol–water partition coefficient (Wildman–Crippen LogP) is 3.91. The molecule has 3 heterocycles. The van der Waals surface area contributed by atoms with E-state index < -0.39 is 29.3 Å². The second-order valence-electron chi connectivity index (χ2n) is 6.65. The average molecular weight is 424 g/mol. The van der Waals surface area contributed by atoms with E-state index in [-0.39, 0.29) is 23.4 Å². The van der Waals surface area contributed by atoms with Crippen molar-refractivity contribution < 1.29 is 23.8 Å². The molecule has 1 aromatic carbocycles. The summed E-state index contributed by atoms with van der Waals surface area (Å²) < 4.78 is 19.1. The number of amides is 1. The fourth-order valence-corrected chi connectivity index (χ4v) is 4.33. The van der Waals surface area contributed by atoms with E-state index >= 15 is 0 Å². The molecular formula is C22H17FN2O4S. The third-order valence-electron chi connectivity index (χ3n) is 4.84. The first-order chi connectivity index (χ1) is 14.5. The highest BCUT2D eigenvalue weighted by atomic mass is 32.1. The SMILES string of the molecule is COc1ccc(F)cc1C(O)=C1C(=O)C(=O)N(Cc2cccnc2)[C@H]1c1cccs1. The summed E-state index contributed by atoms with van der Waals surface area (Å²) in [7, 11) is 1.38. The first kappa shape index (κ1) is 19.8. The number of aliphatic hydroxyl groups excluding tert-OH is 1. The molecule has 0 aliphatic carbocycles. The number of hydrogen-bond donors (Lipinski definition) is 1. The Balaban J connectivity index is 1.88. The normalized spacial score (nSPS) is 18.1. The Labute approximate surface area is 175 Å². The molecule has 1 saturated heterocycles. The lowest BCUT2D eigenvalue weighted by Crippen LogP contribution is -2.28. The van der Waals surface area contributed by atoms with Gasteiger partial charge in [0.1, 0.15) is 17.3 Å². The van der Waals surface area contributed by atoms with Gasteiger partial charge in [-0.2, -0.15) is 0 Å². The topological polar surface area (TPSA) is 79.7 Å². The summed E-state index contributed by atoms with van der Waals surface area (Å²) in [5, 5.41) is 12.8. The highest BCUT2D eigenvalue weighted by Crippen LogP contribution is 2.43. The molecule has 1 atom stereocenters. The van der Waals surface area contributed by atoms with E-state index in [0.717, 1.165) is 11.6 Å². The molecule has 6 nitrogen and oxygen atoms in total. The maximum atomic E-state index is 13.9. The van der Waals surface area contributed by atoms with Gasteiger partial charge in [-0.3, -0.25) is 14.6 Å². The number of halogens is 1. The number of carbonyl (C=O) groups excluding carboxylic acids is 2. The van der Waals surface area contributed by atoms with E-state index in [9.17, 15) is 19.1 Å². The summed E-state index contributed by atoms with van der Waals surface area (Å²) in [6, 6.07) is 9.94. The van der Waals surface area contributed by atoms with Crippen molar-refractivity contribution in [3.8, 4) is 5.75 Å².